The number of hydrogen-bond acceptors (Lipinski definition) is 6. The van der Waals surface area contributed by atoms with Gasteiger partial charge in [-0.2, -0.15) is 5.10 Å². The minimum Gasteiger partial charge on any atom is -0.393 e. The molecule has 1 aliphatic rings. The van der Waals surface area contributed by atoms with E-state index < -0.39 is 0 Å². The molecule has 1 aliphatic carbocycles. The Morgan fingerprint density at radius 3 is 2.70 bits per heavy atom. The maximum absolute atomic E-state index is 9.58. The van der Waals surface area contributed by atoms with E-state index in [1.54, 1.807) is 16.9 Å². The van der Waals surface area contributed by atoms with Gasteiger partial charge in [-0.15, -0.1) is 0 Å². The van der Waals surface area contributed by atoms with Crippen molar-refractivity contribution < 1.29 is 10.2 Å². The second kappa shape index (κ2) is 7.60. The summed E-state index contributed by atoms with van der Waals surface area (Å²) in [5.74, 6) is 0.928. The fourth-order valence-electron chi connectivity index (χ4n) is 4.00. The van der Waals surface area contributed by atoms with Crippen LogP contribution in [0.3, 0.4) is 0 Å². The quantitative estimate of drug-likeness (QED) is 0.474. The SMILES string of the molecule is N[C@H](c1cccc(-c2ccc3cnn(-c4cccc(CO)n4)c3c2)n1)C1CC(O)C1. The number of fused-ring (bicyclic) bond motifs is 1. The summed E-state index contributed by atoms with van der Waals surface area (Å²) in [6.07, 6.45) is 3.04. The Morgan fingerprint density at radius 1 is 1.07 bits per heavy atom. The standard InChI is InChI=1S/C23H23N5O2/c24-23(16-9-18(30)10-16)20-5-2-4-19(27-20)14-7-8-15-12-25-28(21(15)11-14)22-6-1-3-17(13-29)26-22/h1-8,11-12,16,18,23,29-30H,9-10,13,24H2/t16?,18?,23-/m0/s1. The topological polar surface area (TPSA) is 110 Å². The number of nitrogens with two attached hydrogens (primary N) is 1. The van der Waals surface area contributed by atoms with Crippen LogP contribution in [0.1, 0.15) is 30.3 Å². The third kappa shape index (κ3) is 3.37. The number of aliphatic hydroxyl groups excluding tert-OH is 2. The van der Waals surface area contributed by atoms with E-state index in [0.29, 0.717) is 11.5 Å². The summed E-state index contributed by atoms with van der Waals surface area (Å²) in [6, 6.07) is 17.3. The highest BCUT2D eigenvalue weighted by Gasteiger charge is 2.33. The van der Waals surface area contributed by atoms with Gasteiger partial charge in [0.15, 0.2) is 5.82 Å². The van der Waals surface area contributed by atoms with Crippen LogP contribution in [-0.2, 0) is 6.61 Å². The van der Waals surface area contributed by atoms with Crippen LogP contribution in [0.25, 0.3) is 28.0 Å². The predicted octanol–water partition coefficient (Wildman–Crippen LogP) is 2.75. The van der Waals surface area contributed by atoms with Crippen molar-refractivity contribution in [3.63, 3.8) is 0 Å². The lowest BCUT2D eigenvalue weighted by molar-refractivity contribution is 0.0302. The monoisotopic (exact) mass is 401 g/mol. The van der Waals surface area contributed by atoms with E-state index in [0.717, 1.165) is 40.7 Å². The second-order valence-electron chi connectivity index (χ2n) is 7.83. The smallest absolute Gasteiger partial charge is 0.154 e. The fourth-order valence-corrected chi connectivity index (χ4v) is 4.00. The van der Waals surface area contributed by atoms with Gasteiger partial charge in [0.05, 0.1) is 47.5 Å². The molecule has 4 N–H and O–H groups in total. The molecule has 4 aromatic rings. The molecule has 7 heteroatoms. The van der Waals surface area contributed by atoms with Crippen molar-refractivity contribution >= 4 is 10.9 Å². The van der Waals surface area contributed by atoms with Gasteiger partial charge in [0, 0.05) is 10.9 Å². The van der Waals surface area contributed by atoms with Crippen molar-refractivity contribution in [3.8, 4) is 17.1 Å². The lowest BCUT2D eigenvalue weighted by Gasteiger charge is -2.35. The summed E-state index contributed by atoms with van der Waals surface area (Å²) in [6.45, 7) is -0.118. The van der Waals surface area contributed by atoms with Crippen molar-refractivity contribution in [1.29, 1.82) is 0 Å². The molecule has 1 atom stereocenters. The van der Waals surface area contributed by atoms with Gasteiger partial charge in [-0.25, -0.2) is 9.67 Å². The number of rotatable bonds is 5. The number of aromatic nitrogens is 4. The van der Waals surface area contributed by atoms with Crippen molar-refractivity contribution in [3.05, 3.63) is 72.2 Å². The minimum atomic E-state index is -0.232. The molecule has 3 aromatic heterocycles. The van der Waals surface area contributed by atoms with Gasteiger partial charge in [0.2, 0.25) is 0 Å². The lowest BCUT2D eigenvalue weighted by Crippen LogP contribution is -2.36. The van der Waals surface area contributed by atoms with E-state index in [-0.39, 0.29) is 24.7 Å². The molecule has 1 fully saturated rings. The second-order valence-corrected chi connectivity index (χ2v) is 7.83. The predicted molar refractivity (Wildman–Crippen MR) is 114 cm³/mol. The molecule has 0 unspecified atom stereocenters. The number of hydrogen-bond donors (Lipinski definition) is 3. The third-order valence-electron chi connectivity index (χ3n) is 5.81. The molecule has 0 radical (unpaired) electrons. The largest absolute Gasteiger partial charge is 0.393 e. The summed E-state index contributed by atoms with van der Waals surface area (Å²) >= 11 is 0. The maximum Gasteiger partial charge on any atom is 0.154 e. The Hall–Kier alpha value is -3.13. The zero-order valence-corrected chi connectivity index (χ0v) is 16.4. The molecule has 3 heterocycles. The van der Waals surface area contributed by atoms with Crippen LogP contribution in [0.15, 0.2) is 60.8 Å². The Bertz CT molecular complexity index is 1200. The summed E-state index contributed by atoms with van der Waals surface area (Å²) in [7, 11) is 0. The summed E-state index contributed by atoms with van der Waals surface area (Å²) < 4.78 is 1.77. The molecule has 0 aliphatic heterocycles. The number of benzene rings is 1. The molecule has 0 amide bonds. The maximum atomic E-state index is 9.58. The van der Waals surface area contributed by atoms with Gasteiger partial charge in [0.25, 0.3) is 0 Å². The summed E-state index contributed by atoms with van der Waals surface area (Å²) in [5.41, 5.74) is 10.5. The van der Waals surface area contributed by atoms with Crippen LogP contribution in [0, 0.1) is 5.92 Å². The fraction of sp³-hybridized carbons (Fsp3) is 0.261. The first kappa shape index (κ1) is 18.9. The van der Waals surface area contributed by atoms with Gasteiger partial charge >= 0.3 is 0 Å². The van der Waals surface area contributed by atoms with Gasteiger partial charge in [-0.1, -0.05) is 24.3 Å². The molecule has 5 rings (SSSR count). The summed E-state index contributed by atoms with van der Waals surface area (Å²) in [5, 5.41) is 24.4. The molecular weight excluding hydrogens is 378 g/mol. The Balaban J connectivity index is 1.52. The highest BCUT2D eigenvalue weighted by Crippen LogP contribution is 2.36. The average molecular weight is 401 g/mol. The third-order valence-corrected chi connectivity index (χ3v) is 5.81. The van der Waals surface area contributed by atoms with Crippen LogP contribution in [0.2, 0.25) is 0 Å². The van der Waals surface area contributed by atoms with Gasteiger partial charge in [-0.3, -0.25) is 4.98 Å². The first-order chi connectivity index (χ1) is 14.6. The van der Waals surface area contributed by atoms with Crippen molar-refractivity contribution in [2.24, 2.45) is 11.7 Å². The van der Waals surface area contributed by atoms with Crippen LogP contribution in [-0.4, -0.2) is 36.1 Å². The minimum absolute atomic E-state index is 0.118. The van der Waals surface area contributed by atoms with Crippen molar-refractivity contribution in [2.75, 3.05) is 0 Å². The van der Waals surface area contributed by atoms with E-state index in [1.165, 1.54) is 0 Å². The Kier molecular flexibility index (Phi) is 4.78. The van der Waals surface area contributed by atoms with Crippen molar-refractivity contribution in [1.82, 2.24) is 19.7 Å². The van der Waals surface area contributed by atoms with Gasteiger partial charge in [-0.05, 0) is 49.1 Å². The van der Waals surface area contributed by atoms with E-state index >= 15 is 0 Å². The Morgan fingerprint density at radius 2 is 1.90 bits per heavy atom. The zero-order chi connectivity index (χ0) is 20.7. The number of nitrogens with zero attached hydrogens (tertiary/aromatic N) is 4. The van der Waals surface area contributed by atoms with Crippen molar-refractivity contribution in [2.45, 2.75) is 31.6 Å². The van der Waals surface area contributed by atoms with E-state index in [2.05, 4.69) is 10.1 Å². The van der Waals surface area contributed by atoms with E-state index in [4.69, 9.17) is 10.7 Å². The zero-order valence-electron chi connectivity index (χ0n) is 16.4. The molecular formula is C23H23N5O2. The lowest BCUT2D eigenvalue weighted by atomic mass is 9.76. The molecule has 0 saturated heterocycles. The summed E-state index contributed by atoms with van der Waals surface area (Å²) in [4.78, 5) is 9.27. The molecule has 152 valence electrons. The normalized spacial score (nSPS) is 19.6. The van der Waals surface area contributed by atoms with E-state index in [1.807, 2.05) is 48.5 Å². The van der Waals surface area contributed by atoms with E-state index in [9.17, 15) is 10.2 Å². The molecule has 7 nitrogen and oxygen atoms in total. The van der Waals surface area contributed by atoms with Crippen LogP contribution < -0.4 is 5.73 Å². The first-order valence-corrected chi connectivity index (χ1v) is 10.1. The highest BCUT2D eigenvalue weighted by molar-refractivity contribution is 5.84. The van der Waals surface area contributed by atoms with Gasteiger partial charge in [0.1, 0.15) is 0 Å². The van der Waals surface area contributed by atoms with Crippen LogP contribution in [0.4, 0.5) is 0 Å². The average Bonchev–Trinajstić information content (AvgIpc) is 3.20. The number of aliphatic hydroxyl groups is 2. The molecule has 0 spiro atoms. The Labute approximate surface area is 173 Å². The molecule has 1 aromatic carbocycles. The molecule has 0 bridgehead atoms. The van der Waals surface area contributed by atoms with Crippen LogP contribution in [0.5, 0.6) is 0 Å². The van der Waals surface area contributed by atoms with Crippen LogP contribution >= 0.6 is 0 Å². The molecule has 30 heavy (non-hydrogen) atoms. The van der Waals surface area contributed by atoms with Gasteiger partial charge < -0.3 is 15.9 Å². The number of pyridine rings is 2. The molecule has 1 saturated carbocycles. The highest BCUT2D eigenvalue weighted by atomic mass is 16.3. The first-order valence-electron chi connectivity index (χ1n) is 10.1.